The number of likely N-dealkylation sites (tertiary alicyclic amines) is 1. The van der Waals surface area contributed by atoms with Crippen LogP contribution in [-0.4, -0.2) is 62.0 Å². The van der Waals surface area contributed by atoms with Gasteiger partial charge in [0.1, 0.15) is 0 Å². The number of fused-ring (bicyclic) bond motifs is 2. The van der Waals surface area contributed by atoms with Gasteiger partial charge in [0, 0.05) is 36.3 Å². The van der Waals surface area contributed by atoms with Crippen LogP contribution in [0.2, 0.25) is 0 Å². The minimum absolute atomic E-state index is 0.0116. The molecule has 0 bridgehead atoms. The standard InChI is InChI=1S/C24H20N6O4S/c31-21-17(14-11-25-16-7-10-35-20(14)16)18(22(32)29-21)19-13-3-1-2-4-15(13)27-23(28-19)26-12-5-8-30(9-6-12)24(33)34/h1-4,7,10-12,25H,5-6,8-9H2,(H,33,34)(H,26,27,28)(H,29,31,32). The summed E-state index contributed by atoms with van der Waals surface area (Å²) in [5, 5.41) is 17.5. The highest BCUT2D eigenvalue weighted by molar-refractivity contribution is 7.17. The van der Waals surface area contributed by atoms with Gasteiger partial charge in [-0.25, -0.2) is 14.8 Å². The van der Waals surface area contributed by atoms with Crippen molar-refractivity contribution in [3.05, 3.63) is 53.2 Å². The molecule has 0 saturated carbocycles. The van der Waals surface area contributed by atoms with Crippen LogP contribution in [0.15, 0.2) is 41.9 Å². The van der Waals surface area contributed by atoms with Gasteiger partial charge in [-0.3, -0.25) is 14.9 Å². The Morgan fingerprint density at radius 3 is 2.66 bits per heavy atom. The lowest BCUT2D eigenvalue weighted by molar-refractivity contribution is -0.122. The van der Waals surface area contributed by atoms with Crippen molar-refractivity contribution in [1.82, 2.24) is 25.2 Å². The minimum Gasteiger partial charge on any atom is -0.465 e. The maximum atomic E-state index is 13.1. The second-order valence-corrected chi connectivity index (χ2v) is 9.42. The fourth-order valence-corrected chi connectivity index (χ4v) is 5.58. The first-order valence-corrected chi connectivity index (χ1v) is 12.0. The lowest BCUT2D eigenvalue weighted by Crippen LogP contribution is -2.41. The van der Waals surface area contributed by atoms with E-state index < -0.39 is 17.9 Å². The number of imide groups is 1. The van der Waals surface area contributed by atoms with E-state index in [1.807, 2.05) is 35.7 Å². The lowest BCUT2D eigenvalue weighted by atomic mass is 9.99. The fourth-order valence-electron chi connectivity index (χ4n) is 4.70. The molecule has 0 spiro atoms. The van der Waals surface area contributed by atoms with Crippen molar-refractivity contribution in [2.24, 2.45) is 0 Å². The molecule has 3 aromatic heterocycles. The third-order valence-corrected chi connectivity index (χ3v) is 7.37. The predicted molar refractivity (Wildman–Crippen MR) is 132 cm³/mol. The van der Waals surface area contributed by atoms with E-state index in [0.29, 0.717) is 54.0 Å². The number of carbonyl (C=O) groups excluding carboxylic acids is 2. The highest BCUT2D eigenvalue weighted by atomic mass is 32.1. The molecule has 0 radical (unpaired) electrons. The zero-order chi connectivity index (χ0) is 24.1. The van der Waals surface area contributed by atoms with Crippen molar-refractivity contribution in [1.29, 1.82) is 0 Å². The smallest absolute Gasteiger partial charge is 0.407 e. The summed E-state index contributed by atoms with van der Waals surface area (Å²) >= 11 is 1.49. The van der Waals surface area contributed by atoms with Crippen LogP contribution >= 0.6 is 11.3 Å². The second-order valence-electron chi connectivity index (χ2n) is 8.50. The predicted octanol–water partition coefficient (Wildman–Crippen LogP) is 3.29. The second kappa shape index (κ2) is 8.20. The number of hydrogen-bond acceptors (Lipinski definition) is 7. The number of hydrogen-bond donors (Lipinski definition) is 4. The van der Waals surface area contributed by atoms with E-state index in [-0.39, 0.29) is 17.2 Å². The summed E-state index contributed by atoms with van der Waals surface area (Å²) in [6.45, 7) is 0.841. The third-order valence-electron chi connectivity index (χ3n) is 6.42. The van der Waals surface area contributed by atoms with E-state index in [9.17, 15) is 19.5 Å². The molecule has 1 aromatic carbocycles. The molecule has 176 valence electrons. The number of nitrogens with zero attached hydrogens (tertiary/aromatic N) is 3. The summed E-state index contributed by atoms with van der Waals surface area (Å²) in [7, 11) is 0. The number of amides is 3. The van der Waals surface area contributed by atoms with Crippen LogP contribution in [-0.2, 0) is 9.59 Å². The Labute approximate surface area is 202 Å². The molecule has 11 heteroatoms. The summed E-state index contributed by atoms with van der Waals surface area (Å²) in [6, 6.07) is 9.27. The molecule has 1 fully saturated rings. The highest BCUT2D eigenvalue weighted by Gasteiger charge is 2.36. The monoisotopic (exact) mass is 488 g/mol. The Balaban J connectivity index is 1.46. The van der Waals surface area contributed by atoms with Gasteiger partial charge in [-0.15, -0.1) is 11.3 Å². The number of aromatic amines is 1. The summed E-state index contributed by atoms with van der Waals surface area (Å²) in [6.07, 6.45) is 2.05. The normalized spacial score (nSPS) is 17.0. The summed E-state index contributed by atoms with van der Waals surface area (Å²) < 4.78 is 0.893. The van der Waals surface area contributed by atoms with Crippen molar-refractivity contribution in [2.75, 3.05) is 18.4 Å². The average Bonchev–Trinajstić information content (AvgIpc) is 3.53. The molecule has 10 nitrogen and oxygen atoms in total. The van der Waals surface area contributed by atoms with Crippen LogP contribution < -0.4 is 10.6 Å². The van der Waals surface area contributed by atoms with Gasteiger partial charge in [0.15, 0.2) is 0 Å². The number of anilines is 1. The van der Waals surface area contributed by atoms with Gasteiger partial charge in [0.05, 0.1) is 32.6 Å². The first kappa shape index (κ1) is 21.3. The summed E-state index contributed by atoms with van der Waals surface area (Å²) in [5.41, 5.74) is 3.07. The largest absolute Gasteiger partial charge is 0.465 e. The van der Waals surface area contributed by atoms with Crippen LogP contribution in [0, 0.1) is 0 Å². The molecule has 2 aliphatic heterocycles. The van der Waals surface area contributed by atoms with Crippen molar-refractivity contribution >= 4 is 67.5 Å². The first-order valence-electron chi connectivity index (χ1n) is 11.2. The van der Waals surface area contributed by atoms with Gasteiger partial charge >= 0.3 is 6.09 Å². The molecule has 4 aromatic rings. The maximum absolute atomic E-state index is 13.1. The van der Waals surface area contributed by atoms with E-state index in [2.05, 4.69) is 20.6 Å². The van der Waals surface area contributed by atoms with Gasteiger partial charge in [-0.05, 0) is 30.4 Å². The highest BCUT2D eigenvalue weighted by Crippen LogP contribution is 2.38. The Kier molecular flexibility index (Phi) is 4.99. The number of carbonyl (C=O) groups is 3. The SMILES string of the molecule is O=C1NC(=O)C(c2c[nH]c3ccsc23)=C1c1nc(NC2CCN(C(=O)O)CC2)nc2ccccc12. The number of rotatable bonds is 4. The quantitative estimate of drug-likeness (QED) is 0.323. The van der Waals surface area contributed by atoms with Gasteiger partial charge in [-0.2, -0.15) is 0 Å². The van der Waals surface area contributed by atoms with Crippen LogP contribution in [0.4, 0.5) is 10.7 Å². The molecule has 4 N–H and O–H groups in total. The number of thiophene rings is 1. The fraction of sp³-hybridized carbons (Fsp3) is 0.208. The molecular weight excluding hydrogens is 468 g/mol. The van der Waals surface area contributed by atoms with Gasteiger partial charge in [-0.1, -0.05) is 18.2 Å². The number of carboxylic acid groups (broad SMARTS) is 1. The number of para-hydroxylation sites is 1. The van der Waals surface area contributed by atoms with E-state index in [0.717, 1.165) is 10.2 Å². The molecule has 1 saturated heterocycles. The van der Waals surface area contributed by atoms with Crippen molar-refractivity contribution in [3.8, 4) is 0 Å². The van der Waals surface area contributed by atoms with Gasteiger partial charge in [0.2, 0.25) is 5.95 Å². The number of aromatic nitrogens is 3. The zero-order valence-corrected chi connectivity index (χ0v) is 19.2. The molecule has 5 heterocycles. The van der Waals surface area contributed by atoms with E-state index in [1.54, 1.807) is 6.20 Å². The number of H-pyrrole nitrogens is 1. The third kappa shape index (κ3) is 3.60. The van der Waals surface area contributed by atoms with Crippen molar-refractivity contribution in [3.63, 3.8) is 0 Å². The molecule has 3 amide bonds. The number of benzene rings is 1. The van der Waals surface area contributed by atoms with Gasteiger partial charge in [0.25, 0.3) is 11.8 Å². The molecule has 0 atom stereocenters. The van der Waals surface area contributed by atoms with Crippen LogP contribution in [0.1, 0.15) is 24.1 Å². The molecule has 0 unspecified atom stereocenters. The van der Waals surface area contributed by atoms with E-state index in [1.165, 1.54) is 16.2 Å². The number of piperidine rings is 1. The average molecular weight is 489 g/mol. The van der Waals surface area contributed by atoms with Gasteiger partial charge < -0.3 is 20.3 Å². The first-order chi connectivity index (χ1) is 17.0. The van der Waals surface area contributed by atoms with E-state index in [4.69, 9.17) is 4.98 Å². The van der Waals surface area contributed by atoms with Crippen molar-refractivity contribution in [2.45, 2.75) is 18.9 Å². The van der Waals surface area contributed by atoms with Crippen LogP contribution in [0.25, 0.3) is 32.3 Å². The van der Waals surface area contributed by atoms with Crippen LogP contribution in [0.3, 0.4) is 0 Å². The Hall–Kier alpha value is -4.25. The Morgan fingerprint density at radius 1 is 1.09 bits per heavy atom. The number of nitrogens with one attached hydrogen (secondary N) is 3. The molecular formula is C24H20N6O4S. The van der Waals surface area contributed by atoms with Crippen molar-refractivity contribution < 1.29 is 19.5 Å². The van der Waals surface area contributed by atoms with Crippen LogP contribution in [0.5, 0.6) is 0 Å². The molecule has 0 aliphatic carbocycles. The minimum atomic E-state index is -0.923. The molecule has 2 aliphatic rings. The Morgan fingerprint density at radius 2 is 1.86 bits per heavy atom. The Bertz CT molecular complexity index is 1550. The maximum Gasteiger partial charge on any atom is 0.407 e. The summed E-state index contributed by atoms with van der Waals surface area (Å²) in [4.78, 5) is 51.1. The summed E-state index contributed by atoms with van der Waals surface area (Å²) in [5.74, 6) is -0.625. The molecule has 35 heavy (non-hydrogen) atoms. The topological polar surface area (TPSA) is 140 Å². The van der Waals surface area contributed by atoms with E-state index >= 15 is 0 Å². The lowest BCUT2D eigenvalue weighted by Gasteiger charge is -2.30. The molecule has 6 rings (SSSR count). The zero-order valence-electron chi connectivity index (χ0n) is 18.4.